The number of aromatic nitrogens is 2. The van der Waals surface area contributed by atoms with Crippen LogP contribution in [0, 0.1) is 0 Å². The molecule has 1 aliphatic rings. The number of rotatable bonds is 3. The van der Waals surface area contributed by atoms with Crippen LogP contribution in [0.15, 0.2) is 35.1 Å². The Hall–Kier alpha value is -2.54. The van der Waals surface area contributed by atoms with E-state index in [0.717, 1.165) is 5.56 Å². The van der Waals surface area contributed by atoms with Gasteiger partial charge in [-0.3, -0.25) is 4.79 Å². The van der Waals surface area contributed by atoms with Crippen molar-refractivity contribution in [3.8, 4) is 17.0 Å². The van der Waals surface area contributed by atoms with Crippen molar-refractivity contribution in [3.05, 3.63) is 45.7 Å². The molecule has 0 radical (unpaired) electrons. The summed E-state index contributed by atoms with van der Waals surface area (Å²) in [5, 5.41) is 5.09. The molecule has 1 amide bonds. The van der Waals surface area contributed by atoms with Gasteiger partial charge in [0.05, 0.1) is 31.4 Å². The Morgan fingerprint density at radius 1 is 1.21 bits per heavy atom. The van der Waals surface area contributed by atoms with Crippen LogP contribution in [0.25, 0.3) is 11.3 Å². The summed E-state index contributed by atoms with van der Waals surface area (Å²) in [5.41, 5.74) is -0.0898. The van der Waals surface area contributed by atoms with Crippen LogP contribution in [-0.2, 0) is 10.3 Å². The summed E-state index contributed by atoms with van der Waals surface area (Å²) in [7, 11) is 1.55. The van der Waals surface area contributed by atoms with Crippen LogP contribution in [0.5, 0.6) is 5.75 Å². The van der Waals surface area contributed by atoms with E-state index in [-0.39, 0.29) is 5.56 Å². The van der Waals surface area contributed by atoms with Gasteiger partial charge in [-0.25, -0.2) is 9.48 Å². The summed E-state index contributed by atoms with van der Waals surface area (Å²) in [4.78, 5) is 26.2. The Morgan fingerprint density at radius 3 is 2.50 bits per heavy atom. The zero-order valence-electron chi connectivity index (χ0n) is 16.7. The van der Waals surface area contributed by atoms with E-state index < -0.39 is 17.2 Å². The highest BCUT2D eigenvalue weighted by molar-refractivity contribution is 6.30. The van der Waals surface area contributed by atoms with Crippen molar-refractivity contribution in [2.24, 2.45) is 0 Å². The number of methoxy groups -OCH3 is 1. The summed E-state index contributed by atoms with van der Waals surface area (Å²) >= 11 is 6.03. The predicted octanol–water partition coefficient (Wildman–Crippen LogP) is 3.54. The first-order chi connectivity index (χ1) is 13.0. The first kappa shape index (κ1) is 20.2. The Bertz CT molecular complexity index is 959. The van der Waals surface area contributed by atoms with Crippen LogP contribution in [0.1, 0.15) is 27.7 Å². The molecule has 0 spiro atoms. The highest BCUT2D eigenvalue weighted by Gasteiger charge is 2.46. The highest BCUT2D eigenvalue weighted by Crippen LogP contribution is 2.32. The van der Waals surface area contributed by atoms with E-state index in [1.54, 1.807) is 36.3 Å². The molecule has 1 aromatic carbocycles. The van der Waals surface area contributed by atoms with E-state index in [2.05, 4.69) is 5.10 Å². The Morgan fingerprint density at radius 2 is 1.89 bits per heavy atom. The van der Waals surface area contributed by atoms with E-state index in [9.17, 15) is 9.59 Å². The molecule has 1 aliphatic heterocycles. The van der Waals surface area contributed by atoms with Gasteiger partial charge in [0.25, 0.3) is 5.56 Å². The highest BCUT2D eigenvalue weighted by atomic mass is 35.5. The van der Waals surface area contributed by atoms with Gasteiger partial charge >= 0.3 is 6.09 Å². The topological polar surface area (TPSA) is 73.7 Å². The molecular weight excluding hydrogens is 382 g/mol. The normalized spacial score (nSPS) is 15.7. The van der Waals surface area contributed by atoms with Crippen molar-refractivity contribution in [3.63, 3.8) is 0 Å². The average Bonchev–Trinajstić information content (AvgIpc) is 2.58. The third kappa shape index (κ3) is 3.99. The molecular formula is C20H24ClN3O4. The fourth-order valence-corrected chi connectivity index (χ4v) is 3.35. The smallest absolute Gasteiger partial charge is 0.410 e. The first-order valence-electron chi connectivity index (χ1n) is 8.95. The number of carbonyl (C=O) groups excluding carboxylic acids is 1. The lowest BCUT2D eigenvalue weighted by Gasteiger charge is -2.47. The summed E-state index contributed by atoms with van der Waals surface area (Å²) in [6, 6.07) is 8.36. The number of ether oxygens (including phenoxy) is 2. The van der Waals surface area contributed by atoms with Crippen molar-refractivity contribution in [2.45, 2.75) is 38.8 Å². The van der Waals surface area contributed by atoms with E-state index in [1.165, 1.54) is 10.7 Å². The molecule has 0 atom stereocenters. The molecule has 3 rings (SSSR count). The van der Waals surface area contributed by atoms with Gasteiger partial charge in [-0.15, -0.1) is 0 Å². The summed E-state index contributed by atoms with van der Waals surface area (Å²) in [6.07, 6.45) is -0.395. The Kier molecular flexibility index (Phi) is 5.14. The molecule has 8 heteroatoms. The van der Waals surface area contributed by atoms with Crippen molar-refractivity contribution >= 4 is 17.7 Å². The molecule has 0 bridgehead atoms. The second-order valence-electron chi connectivity index (χ2n) is 8.15. The van der Waals surface area contributed by atoms with Crippen LogP contribution >= 0.6 is 11.6 Å². The molecule has 0 saturated carbocycles. The maximum Gasteiger partial charge on any atom is 0.410 e. The van der Waals surface area contributed by atoms with Gasteiger partial charge in [0.1, 0.15) is 11.4 Å². The van der Waals surface area contributed by atoms with Crippen molar-refractivity contribution in [1.82, 2.24) is 14.7 Å². The molecule has 0 N–H and O–H groups in total. The van der Waals surface area contributed by atoms with Gasteiger partial charge in [0, 0.05) is 16.7 Å². The van der Waals surface area contributed by atoms with Gasteiger partial charge in [0.15, 0.2) is 0 Å². The van der Waals surface area contributed by atoms with Crippen LogP contribution in [-0.4, -0.2) is 46.6 Å². The minimum Gasteiger partial charge on any atom is -0.496 e. The van der Waals surface area contributed by atoms with E-state index in [1.807, 2.05) is 27.7 Å². The third-order valence-electron chi connectivity index (χ3n) is 4.47. The fraction of sp³-hybridized carbons (Fsp3) is 0.450. The van der Waals surface area contributed by atoms with Crippen molar-refractivity contribution in [2.75, 3.05) is 20.2 Å². The number of benzene rings is 1. The molecule has 1 saturated heterocycles. The van der Waals surface area contributed by atoms with Crippen LogP contribution < -0.4 is 10.3 Å². The molecule has 1 aromatic heterocycles. The second kappa shape index (κ2) is 7.13. The summed E-state index contributed by atoms with van der Waals surface area (Å²) < 4.78 is 12.2. The summed E-state index contributed by atoms with van der Waals surface area (Å²) in [5.74, 6) is 0.569. The van der Waals surface area contributed by atoms with Gasteiger partial charge < -0.3 is 14.4 Å². The van der Waals surface area contributed by atoms with Crippen LogP contribution in [0.3, 0.4) is 0 Å². The number of hydrogen-bond acceptors (Lipinski definition) is 5. The number of likely N-dealkylation sites (tertiary alicyclic amines) is 1. The average molecular weight is 406 g/mol. The van der Waals surface area contributed by atoms with Gasteiger partial charge in [-0.2, -0.15) is 5.10 Å². The largest absolute Gasteiger partial charge is 0.496 e. The molecule has 2 aromatic rings. The van der Waals surface area contributed by atoms with E-state index in [0.29, 0.717) is 29.6 Å². The minimum absolute atomic E-state index is 0.233. The second-order valence-corrected chi connectivity index (χ2v) is 8.58. The molecule has 150 valence electrons. The Balaban J connectivity index is 1.88. The van der Waals surface area contributed by atoms with E-state index in [4.69, 9.17) is 21.1 Å². The molecule has 28 heavy (non-hydrogen) atoms. The standard InChI is InChI=1S/C20H24ClN3O4/c1-19(2,3)28-18(26)23-11-20(4,12-23)24-17(25)9-8-15(22-24)14-7-6-13(21)10-16(14)27-5/h6-10H,11-12H2,1-5H3. The van der Waals surface area contributed by atoms with Gasteiger partial charge in [-0.1, -0.05) is 11.6 Å². The maximum atomic E-state index is 12.5. The molecule has 1 fully saturated rings. The van der Waals surface area contributed by atoms with Gasteiger partial charge in [-0.05, 0) is 52.0 Å². The molecule has 2 heterocycles. The lowest BCUT2D eigenvalue weighted by molar-refractivity contribution is -0.0279. The van der Waals surface area contributed by atoms with Crippen molar-refractivity contribution < 1.29 is 14.3 Å². The van der Waals surface area contributed by atoms with Crippen LogP contribution in [0.4, 0.5) is 4.79 Å². The molecule has 0 unspecified atom stereocenters. The van der Waals surface area contributed by atoms with Gasteiger partial charge in [0.2, 0.25) is 0 Å². The van der Waals surface area contributed by atoms with Crippen molar-refractivity contribution in [1.29, 1.82) is 0 Å². The first-order valence-corrected chi connectivity index (χ1v) is 9.33. The molecule has 0 aliphatic carbocycles. The molecule has 7 nitrogen and oxygen atoms in total. The number of nitrogens with zero attached hydrogens (tertiary/aromatic N) is 3. The van der Waals surface area contributed by atoms with E-state index >= 15 is 0 Å². The number of hydrogen-bond donors (Lipinski definition) is 0. The third-order valence-corrected chi connectivity index (χ3v) is 4.70. The number of amides is 1. The van der Waals surface area contributed by atoms with Crippen LogP contribution in [0.2, 0.25) is 5.02 Å². The number of carbonyl (C=O) groups is 1. The lowest BCUT2D eigenvalue weighted by Crippen LogP contribution is -2.65. The SMILES string of the molecule is COc1cc(Cl)ccc1-c1ccc(=O)n(C2(C)CN(C(=O)OC(C)(C)C)C2)n1. The number of halogens is 1. The summed E-state index contributed by atoms with van der Waals surface area (Å²) in [6.45, 7) is 8.04. The minimum atomic E-state index is -0.607. The fourth-order valence-electron chi connectivity index (χ4n) is 3.18. The zero-order chi connectivity index (χ0) is 20.7. The lowest BCUT2D eigenvalue weighted by atomic mass is 9.93. The zero-order valence-corrected chi connectivity index (χ0v) is 17.4. The quantitative estimate of drug-likeness (QED) is 0.780. The predicted molar refractivity (Wildman–Crippen MR) is 107 cm³/mol. The monoisotopic (exact) mass is 405 g/mol. The Labute approximate surface area is 168 Å². The maximum absolute atomic E-state index is 12.5.